The summed E-state index contributed by atoms with van der Waals surface area (Å²) >= 11 is 6.66. The number of nitrogens with one attached hydrogen (secondary N) is 2. The van der Waals surface area contributed by atoms with Crippen LogP contribution in [0, 0.1) is 30.1 Å². The van der Waals surface area contributed by atoms with E-state index in [0.29, 0.717) is 40.8 Å². The average molecular weight is 1320 g/mol. The molecule has 0 spiro atoms. The molecule has 438 valence electrons. The molecule has 7 aromatic rings. The molecule has 11 rings (SSSR count). The van der Waals surface area contributed by atoms with Gasteiger partial charge in [0.25, 0.3) is 17.6 Å². The number of nitrogens with two attached hydrogens (primary N) is 1. The second-order valence-corrected chi connectivity index (χ2v) is 24.1. The number of benzene rings is 3. The molecule has 3 unspecified atom stereocenters. The van der Waals surface area contributed by atoms with Gasteiger partial charge in [-0.25, -0.2) is 24.1 Å². The molecule has 83 heavy (non-hydrogen) atoms. The highest BCUT2D eigenvalue weighted by molar-refractivity contribution is 9.10. The van der Waals surface area contributed by atoms with Crippen LogP contribution in [0.3, 0.4) is 0 Å². The predicted octanol–water partition coefficient (Wildman–Crippen LogP) is 12.2. The molecule has 4 aliphatic heterocycles. The number of aromatic nitrogens is 6. The maximum Gasteiger partial charge on any atom is 0.298 e. The Labute approximate surface area is 513 Å². The van der Waals surface area contributed by atoms with Gasteiger partial charge in [-0.1, -0.05) is 102 Å². The number of ether oxygens (including phenoxy) is 1. The molecule has 4 aliphatic rings. The fourth-order valence-corrected chi connectivity index (χ4v) is 9.83. The Hall–Kier alpha value is -6.74. The Kier molecular flexibility index (Phi) is 29.1. The van der Waals surface area contributed by atoms with Crippen LogP contribution in [-0.4, -0.2) is 64.7 Å². The SMILES string of the molecule is C#Cc1ccccn1.CC1CCCCNC1=O.CC1CCCCn2c1nc1cc(Br)ccc1c2=O.CC1CCCCn2c1nc1cc(C#Cc3ccccn3)ccc1c2=O.Nc1cc(Br)ccc1OC=O.O=C1CCCCCN1.O=S(Cl)Cl. The molecule has 3 aromatic carbocycles. The fourth-order valence-electron chi connectivity index (χ4n) is 9.11. The Morgan fingerprint density at radius 1 is 0.663 bits per heavy atom. The van der Waals surface area contributed by atoms with E-state index in [9.17, 15) is 24.0 Å². The highest BCUT2D eigenvalue weighted by atomic mass is 79.9. The molecule has 16 nitrogen and oxygen atoms in total. The van der Waals surface area contributed by atoms with Crippen LogP contribution in [0.4, 0.5) is 5.69 Å². The lowest BCUT2D eigenvalue weighted by molar-refractivity contribution is -0.124. The van der Waals surface area contributed by atoms with Crippen molar-refractivity contribution in [2.45, 2.75) is 129 Å². The molecule has 8 heterocycles. The van der Waals surface area contributed by atoms with E-state index in [4.69, 9.17) is 26.3 Å². The van der Waals surface area contributed by atoms with Crippen molar-refractivity contribution in [1.29, 1.82) is 0 Å². The first-order valence-electron chi connectivity index (χ1n) is 27.5. The van der Waals surface area contributed by atoms with Crippen LogP contribution >= 0.6 is 53.2 Å². The minimum absolute atomic E-state index is 0.0676. The quantitative estimate of drug-likeness (QED) is 0.0636. The molecular formula is C62H69Br2Cl2N9O7S. The normalized spacial score (nSPS) is 16.9. The number of rotatable bonds is 2. The van der Waals surface area contributed by atoms with E-state index >= 15 is 0 Å². The summed E-state index contributed by atoms with van der Waals surface area (Å²) in [5, 5.41) is 7.05. The summed E-state index contributed by atoms with van der Waals surface area (Å²) < 4.78 is 19.2. The summed E-state index contributed by atoms with van der Waals surface area (Å²) in [7, 11) is 7.36. The van der Waals surface area contributed by atoms with Crippen molar-refractivity contribution < 1.29 is 23.3 Å². The third-order valence-corrected chi connectivity index (χ3v) is 14.5. The number of hydrogen-bond acceptors (Lipinski definition) is 12. The molecule has 2 saturated heterocycles. The molecule has 3 atom stereocenters. The number of carbonyl (C=O) groups excluding carboxylic acids is 3. The van der Waals surface area contributed by atoms with Crippen molar-refractivity contribution in [3.63, 3.8) is 0 Å². The molecule has 0 aliphatic carbocycles. The largest absolute Gasteiger partial charge is 0.427 e. The monoisotopic (exact) mass is 1310 g/mol. The van der Waals surface area contributed by atoms with Gasteiger partial charge in [-0.05, 0) is 136 Å². The predicted molar refractivity (Wildman–Crippen MR) is 339 cm³/mol. The lowest BCUT2D eigenvalue weighted by Gasteiger charge is -2.14. The van der Waals surface area contributed by atoms with E-state index in [1.165, 1.54) is 19.3 Å². The van der Waals surface area contributed by atoms with E-state index in [1.54, 1.807) is 36.7 Å². The Morgan fingerprint density at radius 2 is 1.19 bits per heavy atom. The zero-order valence-corrected chi connectivity index (χ0v) is 52.3. The van der Waals surface area contributed by atoms with Crippen LogP contribution in [-0.2, 0) is 36.7 Å². The van der Waals surface area contributed by atoms with Crippen molar-refractivity contribution in [2.75, 3.05) is 18.8 Å². The van der Waals surface area contributed by atoms with Gasteiger partial charge in [-0.3, -0.25) is 33.1 Å². The van der Waals surface area contributed by atoms with Crippen LogP contribution in [0.5, 0.6) is 5.75 Å². The van der Waals surface area contributed by atoms with Crippen LogP contribution in [0.2, 0.25) is 0 Å². The molecule has 4 N–H and O–H groups in total. The number of nitrogens with zero attached hydrogens (tertiary/aromatic N) is 6. The van der Waals surface area contributed by atoms with Gasteiger partial charge in [0.15, 0.2) is 5.75 Å². The maximum absolute atomic E-state index is 12.8. The Morgan fingerprint density at radius 3 is 1.76 bits per heavy atom. The first-order chi connectivity index (χ1) is 40.0. The summed E-state index contributed by atoms with van der Waals surface area (Å²) in [6.07, 6.45) is 22.6. The van der Waals surface area contributed by atoms with E-state index in [0.717, 1.165) is 139 Å². The number of pyridine rings is 2. The average Bonchev–Trinajstić information content (AvgIpc) is 4.18. The van der Waals surface area contributed by atoms with Crippen molar-refractivity contribution in [3.05, 3.63) is 162 Å². The topological polar surface area (TPSA) is 223 Å². The smallest absolute Gasteiger partial charge is 0.298 e. The highest BCUT2D eigenvalue weighted by Gasteiger charge is 2.21. The summed E-state index contributed by atoms with van der Waals surface area (Å²) in [6, 6.07) is 27.5. The zero-order valence-electron chi connectivity index (χ0n) is 46.8. The van der Waals surface area contributed by atoms with Gasteiger partial charge >= 0.3 is 0 Å². The van der Waals surface area contributed by atoms with E-state index in [2.05, 4.69) is 110 Å². The summed E-state index contributed by atoms with van der Waals surface area (Å²) in [4.78, 5) is 74.3. The van der Waals surface area contributed by atoms with Crippen LogP contribution < -0.4 is 32.2 Å². The van der Waals surface area contributed by atoms with Crippen LogP contribution in [0.15, 0.2) is 122 Å². The van der Waals surface area contributed by atoms with Crippen molar-refractivity contribution in [2.24, 2.45) is 5.92 Å². The number of anilines is 1. The zero-order chi connectivity index (χ0) is 60.1. The number of terminal acetylenes is 1. The third kappa shape index (κ3) is 22.7. The van der Waals surface area contributed by atoms with Crippen LogP contribution in [0.25, 0.3) is 21.8 Å². The number of hydrogen-bond donors (Lipinski definition) is 3. The van der Waals surface area contributed by atoms with Gasteiger partial charge in [0.1, 0.15) is 23.0 Å². The number of halogens is 4. The fraction of sp³-hybridized carbons (Fsp3) is 0.371. The number of amides is 2. The number of carbonyl (C=O) groups is 3. The molecule has 0 saturated carbocycles. The summed E-state index contributed by atoms with van der Waals surface area (Å²) in [6.45, 7) is 9.98. The van der Waals surface area contributed by atoms with E-state index in [-0.39, 0.29) is 28.9 Å². The standard InChI is InChI=1S/C21H19N3O.C14H15BrN2O.C7H6BrNO2.C7H13NO.C7H5N.C6H11NO.Cl2OS/c1-15-6-3-5-13-24-20(15)23-19-14-16(9-11-18(19)21(24)25)8-10-17-7-2-4-12-22-17;1-9-4-2-3-7-17-13(9)16-12-8-10(15)5-6-11(12)14(17)18;8-5-1-2-7(11-4-10)6(9)3-5;1-6-4-2-3-5-8-7(6)9;1-2-7-5-3-4-6-8-7;8-6-4-2-1-3-5-7-6;1-4(2)3/h2,4,7,9,11-12,14-15H,3,5-6,13H2,1H3;5-6,8-9H,2-4,7H2,1H3;1-4H,9H2;6H,2-5H2,1H3,(H,8,9);1,3-6H;1-5H2,(H,7,8);. The Bertz CT molecular complexity index is 3510. The minimum atomic E-state index is -1.67. The summed E-state index contributed by atoms with van der Waals surface area (Å²) in [5.74, 6) is 12.2. The molecule has 21 heteroatoms. The molecule has 4 aromatic heterocycles. The molecular weight excluding hydrogens is 1250 g/mol. The van der Waals surface area contributed by atoms with Gasteiger partial charge in [-0.2, -0.15) is 0 Å². The molecule has 0 bridgehead atoms. The summed E-state index contributed by atoms with van der Waals surface area (Å²) in [5.41, 5.74) is 9.90. The Balaban J connectivity index is 0.000000191. The van der Waals surface area contributed by atoms with Crippen LogP contribution in [0.1, 0.15) is 145 Å². The van der Waals surface area contributed by atoms with E-state index in [1.807, 2.05) is 82.8 Å². The van der Waals surface area contributed by atoms with Gasteiger partial charge in [-0.15, -0.1) is 6.42 Å². The van der Waals surface area contributed by atoms with Gasteiger partial charge in [0.05, 0.1) is 27.5 Å². The van der Waals surface area contributed by atoms with Crippen molar-refractivity contribution in [3.8, 4) is 29.9 Å². The van der Waals surface area contributed by atoms with Crippen molar-refractivity contribution >= 4 is 108 Å². The third-order valence-electron chi connectivity index (χ3n) is 13.5. The highest BCUT2D eigenvalue weighted by Crippen LogP contribution is 2.28. The first-order valence-corrected chi connectivity index (χ1v) is 31.9. The van der Waals surface area contributed by atoms with E-state index < -0.39 is 9.23 Å². The van der Waals surface area contributed by atoms with Gasteiger partial charge in [0, 0.05) is 98.6 Å². The molecule has 2 amide bonds. The second-order valence-electron chi connectivity index (χ2n) is 19.8. The molecule has 2 fully saturated rings. The first kappa shape index (κ1) is 67.1. The minimum Gasteiger partial charge on any atom is -0.427 e. The molecule has 0 radical (unpaired) electrons. The van der Waals surface area contributed by atoms with Gasteiger partial charge in [0.2, 0.25) is 21.0 Å². The number of fused-ring (bicyclic) bond motifs is 4. The lowest BCUT2D eigenvalue weighted by Crippen LogP contribution is -2.26. The van der Waals surface area contributed by atoms with Gasteiger partial charge < -0.3 is 21.1 Å². The second kappa shape index (κ2) is 36.1. The number of nitrogen functional groups attached to an aromatic ring is 1. The maximum atomic E-state index is 12.8. The van der Waals surface area contributed by atoms with Crippen molar-refractivity contribution in [1.82, 2.24) is 39.7 Å². The lowest BCUT2D eigenvalue weighted by atomic mass is 10.0.